The fraction of sp³-hybridized carbons (Fsp3) is 0.281. The van der Waals surface area contributed by atoms with Crippen LogP contribution < -0.4 is 10.1 Å². The number of benzene rings is 3. The van der Waals surface area contributed by atoms with E-state index in [-0.39, 0.29) is 17.9 Å². The first kappa shape index (κ1) is 27.1. The summed E-state index contributed by atoms with van der Waals surface area (Å²) in [7, 11) is 0. The maximum atomic E-state index is 14.2. The highest BCUT2D eigenvalue weighted by Crippen LogP contribution is 2.39. The summed E-state index contributed by atoms with van der Waals surface area (Å²) < 4.78 is 28.1. The third-order valence-corrected chi connectivity index (χ3v) is 8.23. The van der Waals surface area contributed by atoms with Gasteiger partial charge in [-0.2, -0.15) is 4.98 Å². The Hall–Kier alpha value is -4.11. The first-order chi connectivity index (χ1) is 20.0. The number of aromatic nitrogens is 3. The normalized spacial score (nSPS) is 17.1. The Kier molecular flexibility index (Phi) is 8.04. The number of allylic oxidation sites excluding steroid dienone is 1. The lowest BCUT2D eigenvalue weighted by atomic mass is 9.94. The summed E-state index contributed by atoms with van der Waals surface area (Å²) in [6.45, 7) is 1.86. The molecule has 1 aromatic heterocycles. The van der Waals surface area contributed by atoms with Gasteiger partial charge in [0.05, 0.1) is 5.57 Å². The summed E-state index contributed by atoms with van der Waals surface area (Å²) in [6, 6.07) is 23.3. The molecule has 1 aliphatic heterocycles. The second kappa shape index (κ2) is 12.2. The predicted molar refractivity (Wildman–Crippen MR) is 156 cm³/mol. The van der Waals surface area contributed by atoms with Crippen LogP contribution in [-0.2, 0) is 15.3 Å². The van der Waals surface area contributed by atoms with Crippen molar-refractivity contribution in [1.29, 1.82) is 0 Å². The number of esters is 1. The predicted octanol–water partition coefficient (Wildman–Crippen LogP) is 7.67. The molecular weight excluding hydrogens is 539 g/mol. The third-order valence-electron chi connectivity index (χ3n) is 7.35. The molecule has 0 amide bonds. The molecular formula is C32H31FN4O3S. The van der Waals surface area contributed by atoms with E-state index >= 15 is 0 Å². The fourth-order valence-electron chi connectivity index (χ4n) is 5.29. The van der Waals surface area contributed by atoms with E-state index in [1.165, 1.54) is 24.2 Å². The largest absolute Gasteiger partial charge is 0.459 e. The summed E-state index contributed by atoms with van der Waals surface area (Å²) in [6.07, 6.45) is 4.96. The smallest absolute Gasteiger partial charge is 0.338 e. The van der Waals surface area contributed by atoms with E-state index in [2.05, 4.69) is 10.3 Å². The minimum absolute atomic E-state index is 0.0889. The van der Waals surface area contributed by atoms with Gasteiger partial charge in [0.15, 0.2) is 0 Å². The van der Waals surface area contributed by atoms with Crippen molar-refractivity contribution in [3.8, 4) is 11.5 Å². The number of rotatable bonds is 8. The van der Waals surface area contributed by atoms with Gasteiger partial charge in [-0.25, -0.2) is 13.9 Å². The van der Waals surface area contributed by atoms with E-state index in [4.69, 9.17) is 14.6 Å². The molecule has 4 aromatic rings. The van der Waals surface area contributed by atoms with Gasteiger partial charge in [0.2, 0.25) is 11.1 Å². The van der Waals surface area contributed by atoms with Crippen LogP contribution in [0.3, 0.4) is 0 Å². The molecule has 0 spiro atoms. The summed E-state index contributed by atoms with van der Waals surface area (Å²) >= 11 is 1.34. The number of anilines is 1. The van der Waals surface area contributed by atoms with Gasteiger partial charge in [-0.15, -0.1) is 5.10 Å². The molecule has 9 heteroatoms. The molecule has 210 valence electrons. The molecule has 1 atom stereocenters. The minimum atomic E-state index is -0.586. The Morgan fingerprint density at radius 3 is 2.56 bits per heavy atom. The standard InChI is InChI=1S/C32H31FN4O3S/c1-21-28(30(38)40-25-15-6-3-7-16-25)29(22-12-10-17-26(19-22)39-24-13-4-2-5-14-24)37-31(34-21)35-32(36-37)41-20-23-11-8-9-18-27(23)33/h2,4-5,8-14,17-19,25,29H,3,6-7,15-16,20H2,1H3,(H,34,35,36). The van der Waals surface area contributed by atoms with Crippen LogP contribution in [0.2, 0.25) is 0 Å². The van der Waals surface area contributed by atoms with Crippen molar-refractivity contribution in [3.63, 3.8) is 0 Å². The Labute approximate surface area is 242 Å². The molecule has 2 aliphatic rings. The summed E-state index contributed by atoms with van der Waals surface area (Å²) in [5, 5.41) is 8.52. The highest BCUT2D eigenvalue weighted by atomic mass is 32.2. The molecule has 3 aromatic carbocycles. The lowest BCUT2D eigenvalue weighted by Gasteiger charge is -2.30. The summed E-state index contributed by atoms with van der Waals surface area (Å²) in [5.74, 6) is 1.62. The molecule has 0 saturated heterocycles. The Bertz CT molecular complexity index is 1570. The van der Waals surface area contributed by atoms with Crippen LogP contribution >= 0.6 is 11.8 Å². The maximum Gasteiger partial charge on any atom is 0.338 e. The molecule has 0 bridgehead atoms. The Balaban J connectivity index is 1.34. The molecule has 1 saturated carbocycles. The number of ether oxygens (including phenoxy) is 2. The number of halogens is 1. The number of thioether (sulfide) groups is 1. The van der Waals surface area contributed by atoms with E-state index < -0.39 is 6.04 Å². The van der Waals surface area contributed by atoms with Crippen LogP contribution in [0, 0.1) is 5.82 Å². The van der Waals surface area contributed by atoms with E-state index in [1.807, 2.05) is 67.6 Å². The molecule has 0 radical (unpaired) electrons. The van der Waals surface area contributed by atoms with Crippen molar-refractivity contribution < 1.29 is 18.7 Å². The van der Waals surface area contributed by atoms with Gasteiger partial charge in [-0.1, -0.05) is 66.7 Å². The number of para-hydroxylation sites is 1. The lowest BCUT2D eigenvalue weighted by Crippen LogP contribution is -2.32. The highest BCUT2D eigenvalue weighted by Gasteiger charge is 2.36. The van der Waals surface area contributed by atoms with Gasteiger partial charge in [-0.05, 0) is 74.1 Å². The number of carbonyl (C=O) groups is 1. The number of hydrogen-bond donors (Lipinski definition) is 1. The van der Waals surface area contributed by atoms with Gasteiger partial charge < -0.3 is 14.8 Å². The zero-order chi connectivity index (χ0) is 28.2. The van der Waals surface area contributed by atoms with E-state index in [9.17, 15) is 9.18 Å². The Morgan fingerprint density at radius 2 is 1.76 bits per heavy atom. The van der Waals surface area contributed by atoms with Gasteiger partial charge in [0, 0.05) is 11.4 Å². The van der Waals surface area contributed by atoms with Crippen LogP contribution in [0.5, 0.6) is 11.5 Å². The van der Waals surface area contributed by atoms with Crippen LogP contribution in [0.1, 0.15) is 56.2 Å². The zero-order valence-electron chi connectivity index (χ0n) is 22.8. The number of hydrogen-bond acceptors (Lipinski definition) is 7. The third kappa shape index (κ3) is 6.15. The van der Waals surface area contributed by atoms with Crippen LogP contribution in [0.4, 0.5) is 10.3 Å². The molecule has 1 unspecified atom stereocenters. The van der Waals surface area contributed by atoms with Crippen molar-refractivity contribution >= 4 is 23.7 Å². The second-order valence-electron chi connectivity index (χ2n) is 10.3. The highest BCUT2D eigenvalue weighted by molar-refractivity contribution is 7.98. The van der Waals surface area contributed by atoms with Gasteiger partial charge in [0.25, 0.3) is 0 Å². The summed E-state index contributed by atoms with van der Waals surface area (Å²) in [5.41, 5.74) is 2.53. The minimum Gasteiger partial charge on any atom is -0.459 e. The molecule has 2 heterocycles. The monoisotopic (exact) mass is 570 g/mol. The molecule has 7 nitrogen and oxygen atoms in total. The van der Waals surface area contributed by atoms with Gasteiger partial charge >= 0.3 is 5.97 Å². The van der Waals surface area contributed by atoms with Crippen LogP contribution in [-0.4, -0.2) is 26.8 Å². The average molecular weight is 571 g/mol. The first-order valence-electron chi connectivity index (χ1n) is 13.9. The van der Waals surface area contributed by atoms with Crippen molar-refractivity contribution in [3.05, 3.63) is 107 Å². The van der Waals surface area contributed by atoms with Crippen LogP contribution in [0.15, 0.2) is 95.3 Å². The van der Waals surface area contributed by atoms with Crippen molar-refractivity contribution in [2.75, 3.05) is 5.32 Å². The average Bonchev–Trinajstić information content (AvgIpc) is 3.39. The molecule has 41 heavy (non-hydrogen) atoms. The Morgan fingerprint density at radius 1 is 1.00 bits per heavy atom. The van der Waals surface area contributed by atoms with E-state index in [0.29, 0.717) is 45.2 Å². The number of nitrogens with one attached hydrogen (secondary N) is 1. The topological polar surface area (TPSA) is 78.3 Å². The molecule has 1 aliphatic carbocycles. The van der Waals surface area contributed by atoms with Gasteiger partial charge in [0.1, 0.15) is 29.5 Å². The second-order valence-corrected chi connectivity index (χ2v) is 11.2. The lowest BCUT2D eigenvalue weighted by molar-refractivity contribution is -0.146. The first-order valence-corrected chi connectivity index (χ1v) is 14.9. The number of carbonyl (C=O) groups excluding carboxylic acids is 1. The van der Waals surface area contributed by atoms with Crippen LogP contribution in [0.25, 0.3) is 0 Å². The van der Waals surface area contributed by atoms with E-state index in [0.717, 1.165) is 31.2 Å². The molecule has 6 rings (SSSR count). The number of fused-ring (bicyclic) bond motifs is 1. The maximum absolute atomic E-state index is 14.2. The fourth-order valence-corrected chi connectivity index (χ4v) is 6.11. The van der Waals surface area contributed by atoms with Gasteiger partial charge in [-0.3, -0.25) is 0 Å². The quantitative estimate of drug-likeness (QED) is 0.172. The van der Waals surface area contributed by atoms with E-state index in [1.54, 1.807) is 16.8 Å². The van der Waals surface area contributed by atoms with Crippen molar-refractivity contribution in [2.24, 2.45) is 0 Å². The number of nitrogens with zero attached hydrogens (tertiary/aromatic N) is 3. The zero-order valence-corrected chi connectivity index (χ0v) is 23.6. The van der Waals surface area contributed by atoms with Crippen molar-refractivity contribution in [2.45, 2.75) is 62.1 Å². The summed E-state index contributed by atoms with van der Waals surface area (Å²) in [4.78, 5) is 18.4. The molecule has 1 N–H and O–H groups in total. The molecule has 1 fully saturated rings. The SMILES string of the molecule is CC1=C(C(=O)OC2CCCCC2)C(c2cccc(Oc3ccccc3)c2)n2nc(SCc3ccccc3F)nc2N1. The van der Waals surface area contributed by atoms with Crippen molar-refractivity contribution in [1.82, 2.24) is 14.8 Å².